The van der Waals surface area contributed by atoms with E-state index in [9.17, 15) is 14.9 Å². The van der Waals surface area contributed by atoms with E-state index in [4.69, 9.17) is 4.74 Å². The summed E-state index contributed by atoms with van der Waals surface area (Å²) in [6.45, 7) is 3.70. The van der Waals surface area contributed by atoms with E-state index in [1.165, 1.54) is 23.3 Å². The van der Waals surface area contributed by atoms with Crippen molar-refractivity contribution in [3.63, 3.8) is 0 Å². The van der Waals surface area contributed by atoms with Crippen LogP contribution in [0.25, 0.3) is 0 Å². The van der Waals surface area contributed by atoms with Gasteiger partial charge in [-0.1, -0.05) is 12.1 Å². The first-order valence-corrected chi connectivity index (χ1v) is 12.3. The van der Waals surface area contributed by atoms with Crippen LogP contribution in [0.15, 0.2) is 42.5 Å². The lowest BCUT2D eigenvalue weighted by atomic mass is 9.72. The average molecular weight is 480 g/mol. The Bertz CT molecular complexity index is 1080. The predicted molar refractivity (Wildman–Crippen MR) is 133 cm³/mol. The summed E-state index contributed by atoms with van der Waals surface area (Å²) in [6.07, 6.45) is 2.85. The van der Waals surface area contributed by atoms with Crippen molar-refractivity contribution in [2.24, 2.45) is 11.8 Å². The molecule has 9 heteroatoms. The summed E-state index contributed by atoms with van der Waals surface area (Å²) in [5, 5.41) is 12.9. The highest BCUT2D eigenvalue weighted by Crippen LogP contribution is 2.39. The molecule has 35 heavy (non-hydrogen) atoms. The van der Waals surface area contributed by atoms with Gasteiger partial charge in [-0.25, -0.2) is 5.01 Å². The number of nitro groups is 1. The number of amides is 1. The molecule has 0 aromatic heterocycles. The minimum atomic E-state index is -0.384. The van der Waals surface area contributed by atoms with Crippen LogP contribution in [-0.4, -0.2) is 73.7 Å². The van der Waals surface area contributed by atoms with Gasteiger partial charge in [0.1, 0.15) is 5.75 Å². The fourth-order valence-electron chi connectivity index (χ4n) is 5.99. The number of hydrogen-bond acceptors (Lipinski definition) is 7. The lowest BCUT2D eigenvalue weighted by Gasteiger charge is -2.46. The monoisotopic (exact) mass is 479 g/mol. The Kier molecular flexibility index (Phi) is 6.62. The van der Waals surface area contributed by atoms with Gasteiger partial charge in [-0.05, 0) is 61.6 Å². The number of hydrazine groups is 1. The van der Waals surface area contributed by atoms with Crippen molar-refractivity contribution < 1.29 is 14.5 Å². The molecule has 3 aliphatic rings. The molecule has 5 rings (SSSR count). The number of nitrogens with zero attached hydrogens (tertiary/aromatic N) is 4. The van der Waals surface area contributed by atoms with Gasteiger partial charge in [0.2, 0.25) is 5.91 Å². The Morgan fingerprint density at radius 3 is 2.51 bits per heavy atom. The number of carbonyl (C=O) groups excluding carboxylic acids is 1. The van der Waals surface area contributed by atoms with Gasteiger partial charge in [0, 0.05) is 56.6 Å². The maximum atomic E-state index is 13.2. The number of likely N-dealkylation sites (N-methyl/N-ethyl adjacent to an activating group) is 1. The highest BCUT2D eigenvalue weighted by molar-refractivity contribution is 5.78. The average Bonchev–Trinajstić information content (AvgIpc) is 2.87. The Labute approximate surface area is 205 Å². The van der Waals surface area contributed by atoms with Crippen LogP contribution in [0.1, 0.15) is 17.5 Å². The first-order chi connectivity index (χ1) is 16.9. The third-order valence-electron chi connectivity index (χ3n) is 7.90. The number of ether oxygens (including phenoxy) is 1. The van der Waals surface area contributed by atoms with Crippen LogP contribution in [0.3, 0.4) is 0 Å². The van der Waals surface area contributed by atoms with Crippen LogP contribution in [0, 0.1) is 22.0 Å². The molecule has 2 heterocycles. The van der Waals surface area contributed by atoms with E-state index in [-0.39, 0.29) is 22.4 Å². The minimum absolute atomic E-state index is 0.0368. The maximum absolute atomic E-state index is 13.2. The molecule has 2 aliphatic heterocycles. The summed E-state index contributed by atoms with van der Waals surface area (Å²) in [4.78, 5) is 28.3. The number of non-ortho nitro benzene ring substituents is 1. The number of fused-ring (bicyclic) bond motifs is 2. The van der Waals surface area contributed by atoms with Gasteiger partial charge >= 0.3 is 0 Å². The number of rotatable bonds is 5. The van der Waals surface area contributed by atoms with E-state index in [1.54, 1.807) is 19.2 Å². The molecule has 9 nitrogen and oxygen atoms in total. The lowest BCUT2D eigenvalue weighted by Crippen LogP contribution is -2.58. The summed E-state index contributed by atoms with van der Waals surface area (Å²) in [5.41, 5.74) is 6.90. The zero-order chi connectivity index (χ0) is 24.5. The molecule has 1 aliphatic carbocycles. The molecule has 2 aromatic carbocycles. The van der Waals surface area contributed by atoms with Crippen LogP contribution in [0.2, 0.25) is 0 Å². The van der Waals surface area contributed by atoms with Gasteiger partial charge in [-0.15, -0.1) is 0 Å². The fourth-order valence-corrected chi connectivity index (χ4v) is 5.99. The summed E-state index contributed by atoms with van der Waals surface area (Å²) in [5.74, 6) is 1.46. The van der Waals surface area contributed by atoms with Crippen molar-refractivity contribution >= 4 is 17.3 Å². The van der Waals surface area contributed by atoms with Gasteiger partial charge < -0.3 is 14.5 Å². The van der Waals surface area contributed by atoms with Gasteiger partial charge in [-0.2, -0.15) is 0 Å². The quantitative estimate of drug-likeness (QED) is 0.520. The third-order valence-corrected chi connectivity index (χ3v) is 7.90. The number of likely N-dealkylation sites (tertiary alicyclic amines) is 1. The number of piperidine rings is 1. The molecule has 0 saturated carbocycles. The van der Waals surface area contributed by atoms with Crippen LogP contribution < -0.4 is 15.1 Å². The van der Waals surface area contributed by atoms with Crippen LogP contribution in [0.4, 0.5) is 11.4 Å². The largest absolute Gasteiger partial charge is 0.496 e. The standard InChI is InChI=1S/C26H33N5O4/c1-28-17-20(14-19-15-23-18(16-24(19)28)4-3-5-25(23)35-2)26(32)27-30-12-10-29(11-13-30)21-6-8-22(9-7-21)31(33)34/h3-9,19-20,24H,10-17H2,1-2H3,(H,27,32). The van der Waals surface area contributed by atoms with E-state index in [1.807, 2.05) is 11.1 Å². The number of anilines is 1. The first-order valence-electron chi connectivity index (χ1n) is 12.3. The number of hydrogen-bond donors (Lipinski definition) is 1. The van der Waals surface area contributed by atoms with Crippen LogP contribution in [-0.2, 0) is 17.6 Å². The maximum Gasteiger partial charge on any atom is 0.269 e. The summed E-state index contributed by atoms with van der Waals surface area (Å²) in [6, 6.07) is 13.4. The van der Waals surface area contributed by atoms with E-state index in [2.05, 4.69) is 34.4 Å². The van der Waals surface area contributed by atoms with Crippen molar-refractivity contribution in [2.45, 2.75) is 25.3 Å². The second-order valence-corrected chi connectivity index (χ2v) is 9.93. The van der Waals surface area contributed by atoms with Gasteiger partial charge in [0.15, 0.2) is 0 Å². The van der Waals surface area contributed by atoms with Gasteiger partial charge in [0.05, 0.1) is 18.0 Å². The molecule has 1 N–H and O–H groups in total. The van der Waals surface area contributed by atoms with Crippen molar-refractivity contribution in [3.05, 3.63) is 63.7 Å². The Balaban J connectivity index is 1.16. The molecule has 3 atom stereocenters. The van der Waals surface area contributed by atoms with Crippen LogP contribution >= 0.6 is 0 Å². The minimum Gasteiger partial charge on any atom is -0.496 e. The van der Waals surface area contributed by atoms with E-state index in [0.717, 1.165) is 50.3 Å². The van der Waals surface area contributed by atoms with E-state index < -0.39 is 0 Å². The molecular weight excluding hydrogens is 446 g/mol. The summed E-state index contributed by atoms with van der Waals surface area (Å²) in [7, 11) is 3.87. The fraction of sp³-hybridized carbons (Fsp3) is 0.500. The molecule has 3 unspecified atom stereocenters. The van der Waals surface area contributed by atoms with Crippen LogP contribution in [0.5, 0.6) is 5.75 Å². The van der Waals surface area contributed by atoms with E-state index >= 15 is 0 Å². The molecule has 2 fully saturated rings. The second kappa shape index (κ2) is 9.83. The topological polar surface area (TPSA) is 91.2 Å². The number of carbonyl (C=O) groups is 1. The van der Waals surface area contributed by atoms with Crippen molar-refractivity contribution in [3.8, 4) is 5.75 Å². The first kappa shape index (κ1) is 23.6. The summed E-state index contributed by atoms with van der Waals surface area (Å²) >= 11 is 0. The van der Waals surface area contributed by atoms with Gasteiger partial charge in [0.25, 0.3) is 5.69 Å². The Morgan fingerprint density at radius 2 is 1.83 bits per heavy atom. The molecule has 2 aromatic rings. The summed E-state index contributed by atoms with van der Waals surface area (Å²) < 4.78 is 5.62. The molecule has 1 amide bonds. The zero-order valence-electron chi connectivity index (χ0n) is 20.4. The molecule has 2 saturated heterocycles. The van der Waals surface area contributed by atoms with Gasteiger partial charge in [-0.3, -0.25) is 20.3 Å². The predicted octanol–water partition coefficient (Wildman–Crippen LogP) is 2.49. The highest BCUT2D eigenvalue weighted by Gasteiger charge is 2.41. The SMILES string of the molecule is COc1cccc2c1CC1CC(C(=O)NN3CCN(c4ccc([N+](=O)[O-])cc4)CC3)CN(C)C1C2. The molecule has 186 valence electrons. The normalized spacial score (nSPS) is 24.9. The molecule has 0 radical (unpaired) electrons. The zero-order valence-corrected chi connectivity index (χ0v) is 20.4. The van der Waals surface area contributed by atoms with Crippen molar-refractivity contribution in [2.75, 3.05) is 51.8 Å². The number of methoxy groups -OCH3 is 1. The number of piperazine rings is 1. The lowest BCUT2D eigenvalue weighted by molar-refractivity contribution is -0.384. The Morgan fingerprint density at radius 1 is 1.09 bits per heavy atom. The van der Waals surface area contributed by atoms with E-state index in [0.29, 0.717) is 25.0 Å². The van der Waals surface area contributed by atoms with Crippen molar-refractivity contribution in [1.29, 1.82) is 0 Å². The number of benzene rings is 2. The highest BCUT2D eigenvalue weighted by atomic mass is 16.6. The number of nitro benzene ring substituents is 1. The third kappa shape index (κ3) is 4.83. The second-order valence-electron chi connectivity index (χ2n) is 9.93. The Hall–Kier alpha value is -3.17. The number of nitrogens with one attached hydrogen (secondary N) is 1. The molecular formula is C26H33N5O4. The molecule has 0 spiro atoms. The molecule has 0 bridgehead atoms. The van der Waals surface area contributed by atoms with Crippen molar-refractivity contribution in [1.82, 2.24) is 15.3 Å². The smallest absolute Gasteiger partial charge is 0.269 e.